The summed E-state index contributed by atoms with van der Waals surface area (Å²) < 4.78 is 5.26. The zero-order valence-corrected chi connectivity index (χ0v) is 15.9. The molecular formula is C22H20N2O4. The van der Waals surface area contributed by atoms with Gasteiger partial charge in [-0.2, -0.15) is 0 Å². The zero-order valence-electron chi connectivity index (χ0n) is 15.9. The number of allylic oxidation sites excluding steroid dienone is 2. The van der Waals surface area contributed by atoms with Gasteiger partial charge in [-0.05, 0) is 34.8 Å². The van der Waals surface area contributed by atoms with Crippen molar-refractivity contribution in [2.45, 2.75) is 26.2 Å². The van der Waals surface area contributed by atoms with Crippen molar-refractivity contribution in [1.82, 2.24) is 0 Å². The van der Waals surface area contributed by atoms with E-state index in [2.05, 4.69) is 25.8 Å². The Kier molecular flexibility index (Phi) is 5.22. The number of hydrogen-bond donors (Lipinski definition) is 0. The summed E-state index contributed by atoms with van der Waals surface area (Å²) >= 11 is 0. The quantitative estimate of drug-likeness (QED) is 0.332. The number of nitro benzene ring substituents is 1. The number of rotatable bonds is 4. The van der Waals surface area contributed by atoms with Crippen molar-refractivity contribution < 1.29 is 14.5 Å². The van der Waals surface area contributed by atoms with Gasteiger partial charge in [0, 0.05) is 17.7 Å². The van der Waals surface area contributed by atoms with Crippen LogP contribution in [-0.2, 0) is 14.9 Å². The minimum Gasteiger partial charge on any atom is -0.402 e. The molecule has 2 aromatic rings. The molecule has 0 fully saturated rings. The molecule has 6 nitrogen and oxygen atoms in total. The highest BCUT2D eigenvalue weighted by Gasteiger charge is 2.24. The molecule has 0 radical (unpaired) electrons. The summed E-state index contributed by atoms with van der Waals surface area (Å²) in [6.45, 7) is 6.39. The van der Waals surface area contributed by atoms with Crippen LogP contribution in [0.2, 0.25) is 0 Å². The Morgan fingerprint density at radius 2 is 1.82 bits per heavy atom. The fraction of sp³-hybridized carbons (Fsp3) is 0.182. The molecule has 1 aliphatic rings. The van der Waals surface area contributed by atoms with Crippen LogP contribution in [0.4, 0.5) is 5.69 Å². The molecule has 0 aromatic heterocycles. The van der Waals surface area contributed by atoms with E-state index in [0.717, 1.165) is 5.56 Å². The van der Waals surface area contributed by atoms with Gasteiger partial charge in [0.2, 0.25) is 5.90 Å². The molecule has 0 bridgehead atoms. The highest BCUT2D eigenvalue weighted by molar-refractivity contribution is 6.11. The van der Waals surface area contributed by atoms with E-state index in [-0.39, 0.29) is 22.7 Å². The Labute approximate surface area is 163 Å². The minimum atomic E-state index is -0.529. The molecule has 6 heteroatoms. The first-order chi connectivity index (χ1) is 13.2. The molecule has 1 aliphatic heterocycles. The van der Waals surface area contributed by atoms with Crippen LogP contribution in [0.15, 0.2) is 71.4 Å². The number of esters is 1. The van der Waals surface area contributed by atoms with Crippen LogP contribution in [0.1, 0.15) is 37.5 Å². The molecule has 28 heavy (non-hydrogen) atoms. The predicted molar refractivity (Wildman–Crippen MR) is 108 cm³/mol. The number of carbonyl (C=O) groups excluding carboxylic acids is 1. The summed E-state index contributed by atoms with van der Waals surface area (Å²) in [6.07, 6.45) is 4.81. The monoisotopic (exact) mass is 376 g/mol. The third-order valence-corrected chi connectivity index (χ3v) is 4.24. The predicted octanol–water partition coefficient (Wildman–Crippen LogP) is 4.79. The number of cyclic esters (lactones) is 1. The molecule has 0 spiro atoms. The van der Waals surface area contributed by atoms with Crippen molar-refractivity contribution in [2.24, 2.45) is 4.99 Å². The third kappa shape index (κ3) is 4.40. The van der Waals surface area contributed by atoms with Crippen LogP contribution in [0, 0.1) is 10.1 Å². The molecule has 1 heterocycles. The molecule has 0 amide bonds. The Bertz CT molecular complexity index is 1010. The molecule has 3 rings (SSSR count). The second-order valence-corrected chi connectivity index (χ2v) is 7.40. The van der Waals surface area contributed by atoms with Crippen LogP contribution in [0.5, 0.6) is 0 Å². The van der Waals surface area contributed by atoms with E-state index >= 15 is 0 Å². The number of non-ortho nitro benzene ring substituents is 1. The Hall–Kier alpha value is -3.54. The summed E-state index contributed by atoms with van der Waals surface area (Å²) in [5, 5.41) is 10.8. The molecule has 0 saturated heterocycles. The second kappa shape index (κ2) is 7.60. The number of ether oxygens (including phenoxy) is 1. The van der Waals surface area contributed by atoms with E-state index in [4.69, 9.17) is 4.74 Å². The number of hydrogen-bond acceptors (Lipinski definition) is 5. The maximum absolute atomic E-state index is 12.0. The normalized spacial score (nSPS) is 15.8. The van der Waals surface area contributed by atoms with E-state index in [9.17, 15) is 14.9 Å². The van der Waals surface area contributed by atoms with Crippen molar-refractivity contribution in [3.8, 4) is 0 Å². The fourth-order valence-electron chi connectivity index (χ4n) is 2.65. The van der Waals surface area contributed by atoms with E-state index < -0.39 is 10.9 Å². The van der Waals surface area contributed by atoms with Gasteiger partial charge in [-0.1, -0.05) is 57.2 Å². The fourth-order valence-corrected chi connectivity index (χ4v) is 2.65. The first-order valence-electron chi connectivity index (χ1n) is 8.79. The number of nitro groups is 1. The average molecular weight is 376 g/mol. The van der Waals surface area contributed by atoms with Crippen LogP contribution in [-0.4, -0.2) is 16.8 Å². The van der Waals surface area contributed by atoms with E-state index in [1.54, 1.807) is 24.3 Å². The molecule has 2 aromatic carbocycles. The minimum absolute atomic E-state index is 0.00842. The maximum atomic E-state index is 12.0. The molecule has 0 unspecified atom stereocenters. The van der Waals surface area contributed by atoms with Crippen molar-refractivity contribution >= 4 is 23.6 Å². The van der Waals surface area contributed by atoms with Crippen LogP contribution in [0.25, 0.3) is 6.08 Å². The van der Waals surface area contributed by atoms with Gasteiger partial charge in [0.05, 0.1) is 4.92 Å². The average Bonchev–Trinajstić information content (AvgIpc) is 3.02. The first-order valence-corrected chi connectivity index (χ1v) is 8.79. The lowest BCUT2D eigenvalue weighted by Crippen LogP contribution is -2.11. The molecule has 142 valence electrons. The van der Waals surface area contributed by atoms with Crippen molar-refractivity contribution in [2.75, 3.05) is 0 Å². The first kappa shape index (κ1) is 19.2. The number of benzene rings is 2. The van der Waals surface area contributed by atoms with Crippen molar-refractivity contribution in [3.05, 3.63) is 93.2 Å². The Morgan fingerprint density at radius 1 is 1.11 bits per heavy atom. The van der Waals surface area contributed by atoms with Crippen LogP contribution < -0.4 is 0 Å². The number of nitrogens with zero attached hydrogens (tertiary/aromatic N) is 2. The number of carbonyl (C=O) groups is 1. The van der Waals surface area contributed by atoms with Gasteiger partial charge in [0.1, 0.15) is 0 Å². The molecular weight excluding hydrogens is 356 g/mol. The van der Waals surface area contributed by atoms with Gasteiger partial charge in [0.15, 0.2) is 5.70 Å². The summed E-state index contributed by atoms with van der Waals surface area (Å²) in [4.78, 5) is 26.7. The molecule has 0 aliphatic carbocycles. The summed E-state index contributed by atoms with van der Waals surface area (Å²) in [7, 11) is 0. The number of aliphatic imine (C=N–C) groups is 1. The lowest BCUT2D eigenvalue weighted by Gasteiger charge is -2.18. The van der Waals surface area contributed by atoms with Gasteiger partial charge in [-0.15, -0.1) is 0 Å². The third-order valence-electron chi connectivity index (χ3n) is 4.24. The van der Waals surface area contributed by atoms with E-state index in [1.165, 1.54) is 23.8 Å². The molecule has 0 atom stereocenters. The van der Waals surface area contributed by atoms with Gasteiger partial charge in [0.25, 0.3) is 5.69 Å². The van der Waals surface area contributed by atoms with Crippen LogP contribution in [0.3, 0.4) is 0 Å². The SMILES string of the molecule is CC(C)(C)c1ccc(C2=N/C(=C/C=C/c3cccc([N+](=O)[O-])c3)C(=O)O2)cc1. The largest absolute Gasteiger partial charge is 0.402 e. The smallest absolute Gasteiger partial charge is 0.363 e. The highest BCUT2D eigenvalue weighted by atomic mass is 16.6. The topological polar surface area (TPSA) is 81.8 Å². The molecule has 0 saturated carbocycles. The summed E-state index contributed by atoms with van der Waals surface area (Å²) in [6, 6.07) is 14.0. The van der Waals surface area contributed by atoms with Crippen LogP contribution >= 0.6 is 0 Å². The standard InChI is InChI=1S/C22H20N2O4/c1-22(2,3)17-12-10-16(11-13-17)20-23-19(21(25)28-20)9-5-7-15-6-4-8-18(14-15)24(26)27/h4-14H,1-3H3/b7-5+,19-9+. The lowest BCUT2D eigenvalue weighted by atomic mass is 9.87. The molecule has 0 N–H and O–H groups in total. The van der Waals surface area contributed by atoms with Gasteiger partial charge in [-0.25, -0.2) is 9.79 Å². The van der Waals surface area contributed by atoms with E-state index in [1.807, 2.05) is 24.3 Å². The van der Waals surface area contributed by atoms with Crippen molar-refractivity contribution in [1.29, 1.82) is 0 Å². The Morgan fingerprint density at radius 3 is 2.46 bits per heavy atom. The maximum Gasteiger partial charge on any atom is 0.363 e. The van der Waals surface area contributed by atoms with E-state index in [0.29, 0.717) is 5.56 Å². The van der Waals surface area contributed by atoms with Gasteiger partial charge < -0.3 is 4.74 Å². The van der Waals surface area contributed by atoms with Gasteiger partial charge in [-0.3, -0.25) is 10.1 Å². The van der Waals surface area contributed by atoms with Crippen molar-refractivity contribution in [3.63, 3.8) is 0 Å². The second-order valence-electron chi connectivity index (χ2n) is 7.40. The lowest BCUT2D eigenvalue weighted by molar-refractivity contribution is -0.384. The van der Waals surface area contributed by atoms with Gasteiger partial charge >= 0.3 is 5.97 Å². The summed E-state index contributed by atoms with van der Waals surface area (Å²) in [5.41, 5.74) is 2.78. The highest BCUT2D eigenvalue weighted by Crippen LogP contribution is 2.24. The zero-order chi connectivity index (χ0) is 20.3. The summed E-state index contributed by atoms with van der Waals surface area (Å²) in [5.74, 6) is -0.265. The Balaban J connectivity index is 1.78.